The smallest absolute Gasteiger partial charge is 0.313 e. The summed E-state index contributed by atoms with van der Waals surface area (Å²) in [5, 5.41) is 11.2. The van der Waals surface area contributed by atoms with Crippen LogP contribution in [-0.2, 0) is 14.4 Å². The lowest BCUT2D eigenvalue weighted by molar-refractivity contribution is -0.133. The van der Waals surface area contributed by atoms with E-state index in [9.17, 15) is 14.4 Å². The summed E-state index contributed by atoms with van der Waals surface area (Å²) < 4.78 is 0. The van der Waals surface area contributed by atoms with E-state index in [-0.39, 0.29) is 23.3 Å². The largest absolute Gasteiger partial charge is 0.481 e. The molecule has 2 rings (SSSR count). The molecule has 1 aliphatic heterocycles. The number of thioether (sulfide) groups is 1. The third-order valence-corrected chi connectivity index (χ3v) is 3.89. The Labute approximate surface area is 126 Å². The SMILES string of the molecule is O=C(O)CSCC(=O)Nc1cccc(N2CCCC2=O)c1. The van der Waals surface area contributed by atoms with E-state index in [0.29, 0.717) is 18.7 Å². The molecular weight excluding hydrogens is 292 g/mol. The number of nitrogens with one attached hydrogen (secondary N) is 1. The van der Waals surface area contributed by atoms with Crippen molar-refractivity contribution in [2.24, 2.45) is 0 Å². The molecule has 0 unspecified atom stereocenters. The van der Waals surface area contributed by atoms with Crippen LogP contribution in [0.2, 0.25) is 0 Å². The lowest BCUT2D eigenvalue weighted by Gasteiger charge is -2.16. The average molecular weight is 308 g/mol. The fraction of sp³-hybridized carbons (Fsp3) is 0.357. The fourth-order valence-electron chi connectivity index (χ4n) is 2.10. The molecule has 1 fully saturated rings. The predicted octanol–water partition coefficient (Wildman–Crippen LogP) is 1.57. The Morgan fingerprint density at radius 1 is 1.33 bits per heavy atom. The van der Waals surface area contributed by atoms with E-state index in [4.69, 9.17) is 5.11 Å². The van der Waals surface area contributed by atoms with Crippen LogP contribution in [0.5, 0.6) is 0 Å². The van der Waals surface area contributed by atoms with Crippen LogP contribution in [0.15, 0.2) is 24.3 Å². The second kappa shape index (κ2) is 7.12. The summed E-state index contributed by atoms with van der Waals surface area (Å²) in [6.07, 6.45) is 1.41. The van der Waals surface area contributed by atoms with Crippen molar-refractivity contribution in [3.05, 3.63) is 24.3 Å². The van der Waals surface area contributed by atoms with Gasteiger partial charge in [0.2, 0.25) is 11.8 Å². The third kappa shape index (κ3) is 4.49. The number of carboxylic acids is 1. The second-order valence-electron chi connectivity index (χ2n) is 4.63. The lowest BCUT2D eigenvalue weighted by atomic mass is 10.2. The highest BCUT2D eigenvalue weighted by molar-refractivity contribution is 8.00. The van der Waals surface area contributed by atoms with Gasteiger partial charge in [0.1, 0.15) is 0 Å². The number of rotatable bonds is 6. The average Bonchev–Trinajstić information content (AvgIpc) is 2.85. The van der Waals surface area contributed by atoms with Crippen molar-refractivity contribution in [3.8, 4) is 0 Å². The van der Waals surface area contributed by atoms with Crippen molar-refractivity contribution in [2.45, 2.75) is 12.8 Å². The molecular formula is C14H16N2O4S. The van der Waals surface area contributed by atoms with E-state index in [2.05, 4.69) is 5.32 Å². The predicted molar refractivity (Wildman–Crippen MR) is 81.6 cm³/mol. The Hall–Kier alpha value is -2.02. The minimum Gasteiger partial charge on any atom is -0.481 e. The lowest BCUT2D eigenvalue weighted by Crippen LogP contribution is -2.24. The quantitative estimate of drug-likeness (QED) is 0.833. The van der Waals surface area contributed by atoms with Gasteiger partial charge in [0.15, 0.2) is 0 Å². The van der Waals surface area contributed by atoms with Gasteiger partial charge in [0, 0.05) is 24.3 Å². The molecule has 1 aromatic rings. The summed E-state index contributed by atoms with van der Waals surface area (Å²) in [5.74, 6) is -1.13. The first kappa shape index (κ1) is 15.4. The molecule has 2 amide bonds. The molecule has 1 saturated heterocycles. The Kier molecular flexibility index (Phi) is 5.21. The molecule has 1 aromatic carbocycles. The molecule has 0 bridgehead atoms. The zero-order valence-electron chi connectivity index (χ0n) is 11.4. The summed E-state index contributed by atoms with van der Waals surface area (Å²) in [5.41, 5.74) is 1.38. The van der Waals surface area contributed by atoms with Gasteiger partial charge in [0.05, 0.1) is 11.5 Å². The Morgan fingerprint density at radius 3 is 2.81 bits per heavy atom. The maximum Gasteiger partial charge on any atom is 0.313 e. The molecule has 21 heavy (non-hydrogen) atoms. The van der Waals surface area contributed by atoms with Gasteiger partial charge in [-0.1, -0.05) is 6.07 Å². The molecule has 7 heteroatoms. The van der Waals surface area contributed by atoms with E-state index in [1.807, 2.05) is 6.07 Å². The topological polar surface area (TPSA) is 86.7 Å². The van der Waals surface area contributed by atoms with Gasteiger partial charge in [-0.3, -0.25) is 14.4 Å². The number of aliphatic carboxylic acids is 1. The van der Waals surface area contributed by atoms with Crippen LogP contribution < -0.4 is 10.2 Å². The summed E-state index contributed by atoms with van der Waals surface area (Å²) in [6, 6.07) is 7.10. The van der Waals surface area contributed by atoms with Crippen LogP contribution in [0.25, 0.3) is 0 Å². The Balaban J connectivity index is 1.93. The van der Waals surface area contributed by atoms with E-state index in [0.717, 1.165) is 23.9 Å². The van der Waals surface area contributed by atoms with Gasteiger partial charge in [-0.15, -0.1) is 11.8 Å². The molecule has 112 valence electrons. The molecule has 1 heterocycles. The number of carboxylic acid groups (broad SMARTS) is 1. The summed E-state index contributed by atoms with van der Waals surface area (Å²) in [6.45, 7) is 0.699. The zero-order chi connectivity index (χ0) is 15.2. The van der Waals surface area contributed by atoms with Gasteiger partial charge >= 0.3 is 5.97 Å². The molecule has 0 aliphatic carbocycles. The van der Waals surface area contributed by atoms with E-state index >= 15 is 0 Å². The molecule has 0 radical (unpaired) electrons. The van der Waals surface area contributed by atoms with Crippen LogP contribution in [0.3, 0.4) is 0 Å². The number of nitrogens with zero attached hydrogens (tertiary/aromatic N) is 1. The molecule has 2 N–H and O–H groups in total. The summed E-state index contributed by atoms with van der Waals surface area (Å²) in [7, 11) is 0. The molecule has 0 spiro atoms. The highest BCUT2D eigenvalue weighted by atomic mass is 32.2. The van der Waals surface area contributed by atoms with E-state index in [1.54, 1.807) is 23.1 Å². The van der Waals surface area contributed by atoms with E-state index in [1.165, 1.54) is 0 Å². The van der Waals surface area contributed by atoms with Crippen LogP contribution in [0.1, 0.15) is 12.8 Å². The number of hydrogen-bond donors (Lipinski definition) is 2. The van der Waals surface area contributed by atoms with E-state index < -0.39 is 5.97 Å². The number of anilines is 2. The maximum atomic E-state index is 11.7. The number of benzene rings is 1. The third-order valence-electron chi connectivity index (χ3n) is 2.97. The fourth-order valence-corrected chi connectivity index (χ4v) is 2.64. The first-order valence-electron chi connectivity index (χ1n) is 6.56. The Morgan fingerprint density at radius 2 is 2.14 bits per heavy atom. The molecule has 6 nitrogen and oxygen atoms in total. The molecule has 0 atom stereocenters. The van der Waals surface area contributed by atoms with Crippen molar-refractivity contribution < 1.29 is 19.5 Å². The van der Waals surface area contributed by atoms with Crippen molar-refractivity contribution in [2.75, 3.05) is 28.3 Å². The van der Waals surface area contributed by atoms with Gasteiger partial charge in [0.25, 0.3) is 0 Å². The zero-order valence-corrected chi connectivity index (χ0v) is 12.2. The van der Waals surface area contributed by atoms with Gasteiger partial charge in [-0.05, 0) is 24.6 Å². The Bertz CT molecular complexity index is 562. The van der Waals surface area contributed by atoms with Crippen molar-refractivity contribution >= 4 is 40.9 Å². The van der Waals surface area contributed by atoms with Crippen LogP contribution >= 0.6 is 11.8 Å². The number of carbonyl (C=O) groups excluding carboxylic acids is 2. The van der Waals surface area contributed by atoms with Crippen molar-refractivity contribution in [1.82, 2.24) is 0 Å². The minimum absolute atomic E-state index is 0.0825. The number of carbonyl (C=O) groups is 3. The maximum absolute atomic E-state index is 11.7. The summed E-state index contributed by atoms with van der Waals surface area (Å²) >= 11 is 1.04. The van der Waals surface area contributed by atoms with Gasteiger partial charge < -0.3 is 15.3 Å². The second-order valence-corrected chi connectivity index (χ2v) is 5.62. The summed E-state index contributed by atoms with van der Waals surface area (Å²) in [4.78, 5) is 35.5. The highest BCUT2D eigenvalue weighted by Crippen LogP contribution is 2.24. The number of amides is 2. The standard InChI is InChI=1S/C14H16N2O4S/c17-12(8-21-9-14(19)20)15-10-3-1-4-11(7-10)16-6-2-5-13(16)18/h1,3-4,7H,2,5-6,8-9H2,(H,15,17)(H,19,20). The monoisotopic (exact) mass is 308 g/mol. The highest BCUT2D eigenvalue weighted by Gasteiger charge is 2.21. The minimum atomic E-state index is -0.942. The first-order chi connectivity index (χ1) is 10.1. The number of hydrogen-bond acceptors (Lipinski definition) is 4. The normalized spacial score (nSPS) is 14.3. The van der Waals surface area contributed by atoms with Crippen LogP contribution in [0, 0.1) is 0 Å². The first-order valence-corrected chi connectivity index (χ1v) is 7.71. The van der Waals surface area contributed by atoms with Gasteiger partial charge in [-0.25, -0.2) is 0 Å². The van der Waals surface area contributed by atoms with Crippen LogP contribution in [-0.4, -0.2) is 40.9 Å². The van der Waals surface area contributed by atoms with Crippen LogP contribution in [0.4, 0.5) is 11.4 Å². The molecule has 1 aliphatic rings. The molecule has 0 aromatic heterocycles. The molecule has 0 saturated carbocycles. The van der Waals surface area contributed by atoms with Gasteiger partial charge in [-0.2, -0.15) is 0 Å². The van der Waals surface area contributed by atoms with Crippen molar-refractivity contribution in [3.63, 3.8) is 0 Å². The van der Waals surface area contributed by atoms with Crippen molar-refractivity contribution in [1.29, 1.82) is 0 Å².